The Morgan fingerprint density at radius 1 is 0.627 bits per heavy atom. The minimum Gasteiger partial charge on any atom is -0.456 e. The highest BCUT2D eigenvalue weighted by Gasteiger charge is 2.11. The van der Waals surface area contributed by atoms with E-state index in [0.29, 0.717) is 61.2 Å². The average Bonchev–Trinajstić information content (AvgIpc) is 3.10. The third kappa shape index (κ3) is 10.9. The van der Waals surface area contributed by atoms with Gasteiger partial charge in [0.2, 0.25) is 0 Å². The van der Waals surface area contributed by atoms with E-state index in [1.54, 1.807) is 85.2 Å². The number of nitriles is 1. The fourth-order valence-electron chi connectivity index (χ4n) is 4.49. The summed E-state index contributed by atoms with van der Waals surface area (Å²) in [7, 11) is 0. The first-order valence-corrected chi connectivity index (χ1v) is 16.2. The first-order chi connectivity index (χ1) is 24.5. The third-order valence-electron chi connectivity index (χ3n) is 6.87. The summed E-state index contributed by atoms with van der Waals surface area (Å²) in [6.07, 6.45) is 3.24. The second-order valence-corrected chi connectivity index (χ2v) is 12.0. The van der Waals surface area contributed by atoms with E-state index >= 15 is 0 Å². The molecule has 0 saturated heterocycles. The van der Waals surface area contributed by atoms with Gasteiger partial charge in [0.25, 0.3) is 11.8 Å². The molecule has 3 aromatic carbocycles. The van der Waals surface area contributed by atoms with Crippen LogP contribution in [0.3, 0.4) is 0 Å². The molecule has 3 aromatic heterocycles. The Balaban J connectivity index is 0.000000198. The number of ether oxygens (including phenoxy) is 2. The van der Waals surface area contributed by atoms with Gasteiger partial charge in [-0.1, -0.05) is 35.3 Å². The fourth-order valence-corrected chi connectivity index (χ4v) is 4.94. The van der Waals surface area contributed by atoms with Gasteiger partial charge in [-0.15, -0.1) is 0 Å². The molecule has 0 unspecified atom stereocenters. The second kappa shape index (κ2) is 16.9. The van der Waals surface area contributed by atoms with Gasteiger partial charge < -0.3 is 20.1 Å². The van der Waals surface area contributed by atoms with Crippen molar-refractivity contribution in [2.24, 2.45) is 0 Å². The maximum Gasteiger partial charge on any atom is 0.274 e. The van der Waals surface area contributed by atoms with Crippen molar-refractivity contribution >= 4 is 46.4 Å². The van der Waals surface area contributed by atoms with Crippen LogP contribution in [-0.4, -0.2) is 26.8 Å². The highest BCUT2D eigenvalue weighted by atomic mass is 35.5. The average molecular weight is 718 g/mol. The standard InChI is InChI=1S/C20H14ClN3O2.C19H16ClN3O2/c1-13-5-6-18(12-23-13)26-19-9-16(21)8-17(10-19)24-20(25)15-4-2-3-14(7-15)11-22;1-12-6-7-16(11-21-12)25-17-9-14(20)8-15(10-17)23-19(24)18-5-3-4-13(2)22-18/h2-10,12H,1H3,(H,24,25);3-11H,1-2H3,(H,23,24). The van der Waals surface area contributed by atoms with E-state index in [4.69, 9.17) is 37.9 Å². The zero-order valence-electron chi connectivity index (χ0n) is 27.6. The Morgan fingerprint density at radius 2 is 1.18 bits per heavy atom. The Morgan fingerprint density at radius 3 is 1.69 bits per heavy atom. The van der Waals surface area contributed by atoms with Crippen molar-refractivity contribution < 1.29 is 19.1 Å². The zero-order valence-corrected chi connectivity index (χ0v) is 29.2. The topological polar surface area (TPSA) is 139 Å². The first kappa shape index (κ1) is 36.0. The molecule has 0 radical (unpaired) electrons. The molecule has 3 heterocycles. The highest BCUT2D eigenvalue weighted by Crippen LogP contribution is 2.30. The van der Waals surface area contributed by atoms with E-state index in [0.717, 1.165) is 17.1 Å². The van der Waals surface area contributed by atoms with Crippen molar-refractivity contribution in [1.29, 1.82) is 5.26 Å². The number of hydrogen-bond acceptors (Lipinski definition) is 8. The molecule has 10 nitrogen and oxygen atoms in total. The lowest BCUT2D eigenvalue weighted by molar-refractivity contribution is 0.101. The molecule has 0 aliphatic rings. The smallest absolute Gasteiger partial charge is 0.274 e. The van der Waals surface area contributed by atoms with Gasteiger partial charge in [0.1, 0.15) is 28.7 Å². The predicted octanol–water partition coefficient (Wildman–Crippen LogP) is 9.75. The number of anilines is 2. The molecule has 6 rings (SSSR count). The number of halogens is 2. The lowest BCUT2D eigenvalue weighted by atomic mass is 10.1. The SMILES string of the molecule is Cc1ccc(Oc2cc(Cl)cc(NC(=O)c3cccc(C#N)c3)c2)cn1.Cc1ccc(Oc2cc(Cl)cc(NC(=O)c3cccc(C)n3)c2)cn1. The number of amides is 2. The largest absolute Gasteiger partial charge is 0.456 e. The van der Waals surface area contributed by atoms with Gasteiger partial charge in [-0.05, 0) is 99.6 Å². The predicted molar refractivity (Wildman–Crippen MR) is 197 cm³/mol. The molecule has 51 heavy (non-hydrogen) atoms. The van der Waals surface area contributed by atoms with Crippen LogP contribution in [0.15, 0.2) is 116 Å². The number of carbonyl (C=O) groups is 2. The van der Waals surface area contributed by atoms with E-state index in [-0.39, 0.29) is 11.8 Å². The summed E-state index contributed by atoms with van der Waals surface area (Å²) >= 11 is 12.3. The lowest BCUT2D eigenvalue weighted by Crippen LogP contribution is -2.14. The summed E-state index contributed by atoms with van der Waals surface area (Å²) in [5, 5.41) is 15.3. The van der Waals surface area contributed by atoms with Crippen LogP contribution in [0.5, 0.6) is 23.0 Å². The maximum absolute atomic E-state index is 12.4. The summed E-state index contributed by atoms with van der Waals surface area (Å²) in [5.41, 5.74) is 4.71. The molecule has 12 heteroatoms. The summed E-state index contributed by atoms with van der Waals surface area (Å²) in [5.74, 6) is 1.48. The molecular formula is C39H30Cl2N6O4. The van der Waals surface area contributed by atoms with Gasteiger partial charge in [0, 0.05) is 56.2 Å². The zero-order chi connectivity index (χ0) is 36.3. The van der Waals surface area contributed by atoms with Crippen LogP contribution in [0, 0.1) is 32.1 Å². The minimum absolute atomic E-state index is 0.311. The van der Waals surface area contributed by atoms with Crippen molar-refractivity contribution in [1.82, 2.24) is 15.0 Å². The van der Waals surface area contributed by atoms with E-state index in [9.17, 15) is 9.59 Å². The van der Waals surface area contributed by atoms with Gasteiger partial charge in [-0.25, -0.2) is 4.98 Å². The Kier molecular flexibility index (Phi) is 11.9. The molecular weight excluding hydrogens is 687 g/mol. The molecule has 2 amide bonds. The number of rotatable bonds is 8. The second-order valence-electron chi connectivity index (χ2n) is 11.1. The van der Waals surface area contributed by atoms with Crippen LogP contribution < -0.4 is 20.1 Å². The monoisotopic (exact) mass is 716 g/mol. The van der Waals surface area contributed by atoms with Crippen molar-refractivity contribution in [3.05, 3.63) is 159 Å². The Hall–Kier alpha value is -6.28. The Labute approximate surface area is 304 Å². The van der Waals surface area contributed by atoms with E-state index in [1.165, 1.54) is 6.07 Å². The number of aryl methyl sites for hydroxylation is 3. The molecule has 0 atom stereocenters. The van der Waals surface area contributed by atoms with Crippen molar-refractivity contribution in [2.75, 3.05) is 10.6 Å². The van der Waals surface area contributed by atoms with Gasteiger partial charge >= 0.3 is 0 Å². The summed E-state index contributed by atoms with van der Waals surface area (Å²) in [6, 6.07) is 31.0. The lowest BCUT2D eigenvalue weighted by Gasteiger charge is -2.10. The third-order valence-corrected chi connectivity index (χ3v) is 7.31. The van der Waals surface area contributed by atoms with E-state index in [1.807, 2.05) is 51.1 Å². The summed E-state index contributed by atoms with van der Waals surface area (Å²) in [6.45, 7) is 5.62. The molecule has 0 spiro atoms. The molecule has 2 N–H and O–H groups in total. The number of hydrogen-bond donors (Lipinski definition) is 2. The number of carbonyl (C=O) groups excluding carboxylic acids is 2. The van der Waals surface area contributed by atoms with Crippen LogP contribution in [0.4, 0.5) is 11.4 Å². The van der Waals surface area contributed by atoms with Crippen LogP contribution in [0.1, 0.15) is 43.5 Å². The van der Waals surface area contributed by atoms with Crippen LogP contribution in [0.2, 0.25) is 10.0 Å². The van der Waals surface area contributed by atoms with E-state index in [2.05, 4.69) is 25.6 Å². The molecule has 0 fully saturated rings. The first-order valence-electron chi connectivity index (χ1n) is 15.4. The van der Waals surface area contributed by atoms with Gasteiger partial charge in [0.05, 0.1) is 24.0 Å². The number of pyridine rings is 3. The van der Waals surface area contributed by atoms with E-state index < -0.39 is 0 Å². The Bertz CT molecular complexity index is 2220. The number of nitrogens with zero attached hydrogens (tertiary/aromatic N) is 4. The van der Waals surface area contributed by atoms with Crippen LogP contribution >= 0.6 is 23.2 Å². The number of nitrogens with one attached hydrogen (secondary N) is 2. The quantitative estimate of drug-likeness (QED) is 0.159. The minimum atomic E-state index is -0.340. The molecule has 0 aliphatic carbocycles. The van der Waals surface area contributed by atoms with Crippen LogP contribution in [0.25, 0.3) is 0 Å². The molecule has 0 aliphatic heterocycles. The molecule has 0 bridgehead atoms. The number of benzene rings is 3. The molecule has 6 aromatic rings. The normalized spacial score (nSPS) is 10.2. The highest BCUT2D eigenvalue weighted by molar-refractivity contribution is 6.31. The van der Waals surface area contributed by atoms with Gasteiger partial charge in [-0.2, -0.15) is 5.26 Å². The summed E-state index contributed by atoms with van der Waals surface area (Å²) < 4.78 is 11.5. The van der Waals surface area contributed by atoms with Crippen LogP contribution in [-0.2, 0) is 0 Å². The van der Waals surface area contributed by atoms with Gasteiger partial charge in [0.15, 0.2) is 0 Å². The van der Waals surface area contributed by atoms with Crippen molar-refractivity contribution in [3.8, 4) is 29.1 Å². The fraction of sp³-hybridized carbons (Fsp3) is 0.0769. The van der Waals surface area contributed by atoms with Gasteiger partial charge in [-0.3, -0.25) is 19.6 Å². The maximum atomic E-state index is 12.4. The molecule has 0 saturated carbocycles. The number of aromatic nitrogens is 3. The van der Waals surface area contributed by atoms with Crippen molar-refractivity contribution in [3.63, 3.8) is 0 Å². The summed E-state index contributed by atoms with van der Waals surface area (Å²) in [4.78, 5) is 37.3. The molecule has 254 valence electrons. The van der Waals surface area contributed by atoms with Crippen molar-refractivity contribution in [2.45, 2.75) is 20.8 Å².